The third-order valence-electron chi connectivity index (χ3n) is 3.07. The molecule has 0 fully saturated rings. The highest BCUT2D eigenvalue weighted by Gasteiger charge is 2.20. The molecular weight excluding hydrogens is 348 g/mol. The Morgan fingerprint density at radius 1 is 1.54 bits per heavy atom. The van der Waals surface area contributed by atoms with E-state index < -0.39 is 17.2 Å². The number of imide groups is 1. The summed E-state index contributed by atoms with van der Waals surface area (Å²) in [5.41, 5.74) is 0.442. The molecule has 128 valence electrons. The maximum Gasteiger partial charge on any atom is 0.321 e. The fraction of sp³-hybridized carbons (Fsp3) is 0.333. The molecule has 0 aliphatic rings. The van der Waals surface area contributed by atoms with Crippen LogP contribution >= 0.6 is 23.1 Å². The fourth-order valence-electron chi connectivity index (χ4n) is 1.93. The number of nitrogens with zero attached hydrogens (tertiary/aromatic N) is 2. The molecule has 2 N–H and O–H groups in total. The summed E-state index contributed by atoms with van der Waals surface area (Å²) in [5, 5.41) is 6.38. The number of carbonyl (C=O) groups is 2. The first-order chi connectivity index (χ1) is 11.5. The minimum Gasteiger partial charge on any atom is -0.338 e. The zero-order valence-corrected chi connectivity index (χ0v) is 15.0. The fourth-order valence-corrected chi connectivity index (χ4v) is 3.63. The molecule has 0 aliphatic heterocycles. The van der Waals surface area contributed by atoms with E-state index in [9.17, 15) is 14.4 Å². The number of amides is 3. The van der Waals surface area contributed by atoms with Crippen LogP contribution in [0.4, 0.5) is 4.79 Å². The maximum absolute atomic E-state index is 12.5. The van der Waals surface area contributed by atoms with Gasteiger partial charge < -0.3 is 5.32 Å². The number of carbonyl (C=O) groups excluding carboxylic acids is 2. The van der Waals surface area contributed by atoms with Crippen molar-refractivity contribution >= 4 is 45.3 Å². The molecule has 1 atom stereocenters. The van der Waals surface area contributed by atoms with E-state index in [0.717, 1.165) is 11.8 Å². The van der Waals surface area contributed by atoms with Gasteiger partial charge in [-0.05, 0) is 25.3 Å². The Hall–Kier alpha value is -2.13. The average molecular weight is 366 g/mol. The van der Waals surface area contributed by atoms with E-state index >= 15 is 0 Å². The van der Waals surface area contributed by atoms with Crippen LogP contribution in [0.3, 0.4) is 0 Å². The summed E-state index contributed by atoms with van der Waals surface area (Å²) in [4.78, 5) is 40.5. The summed E-state index contributed by atoms with van der Waals surface area (Å²) in [6.45, 7) is 7.79. The lowest BCUT2D eigenvalue weighted by atomic mass is 10.4. The van der Waals surface area contributed by atoms with Gasteiger partial charge in [0.15, 0.2) is 5.16 Å². The molecule has 2 aromatic rings. The summed E-state index contributed by atoms with van der Waals surface area (Å²) < 4.78 is 2.05. The molecule has 0 unspecified atom stereocenters. The van der Waals surface area contributed by atoms with Crippen molar-refractivity contribution < 1.29 is 9.59 Å². The summed E-state index contributed by atoms with van der Waals surface area (Å²) >= 11 is 2.46. The molecule has 7 nitrogen and oxygen atoms in total. The smallest absolute Gasteiger partial charge is 0.321 e. The molecular formula is C15H18N4O3S2. The van der Waals surface area contributed by atoms with Gasteiger partial charge in [0.25, 0.3) is 5.56 Å². The molecule has 3 amide bonds. The minimum atomic E-state index is -0.591. The lowest BCUT2D eigenvalue weighted by Crippen LogP contribution is -2.42. The molecule has 0 saturated carbocycles. The van der Waals surface area contributed by atoms with Crippen molar-refractivity contribution in [2.45, 2.75) is 30.8 Å². The molecule has 0 spiro atoms. The highest BCUT2D eigenvalue weighted by molar-refractivity contribution is 8.00. The second kappa shape index (κ2) is 8.11. The Morgan fingerprint density at radius 2 is 2.29 bits per heavy atom. The van der Waals surface area contributed by atoms with Gasteiger partial charge in [0.1, 0.15) is 4.70 Å². The van der Waals surface area contributed by atoms with Crippen LogP contribution in [0.15, 0.2) is 34.1 Å². The predicted octanol–water partition coefficient (Wildman–Crippen LogP) is 1.97. The Kier molecular flexibility index (Phi) is 6.16. The Morgan fingerprint density at radius 3 is 2.96 bits per heavy atom. The molecule has 0 aromatic carbocycles. The van der Waals surface area contributed by atoms with Crippen LogP contribution in [0.2, 0.25) is 0 Å². The van der Waals surface area contributed by atoms with Gasteiger partial charge in [-0.25, -0.2) is 9.78 Å². The van der Waals surface area contributed by atoms with Gasteiger partial charge in [-0.2, -0.15) is 0 Å². The zero-order valence-electron chi connectivity index (χ0n) is 13.4. The summed E-state index contributed by atoms with van der Waals surface area (Å²) in [6, 6.07) is 1.23. The molecule has 2 rings (SSSR count). The normalized spacial score (nSPS) is 11.9. The minimum absolute atomic E-state index is 0.159. The summed E-state index contributed by atoms with van der Waals surface area (Å²) in [5.74, 6) is -0.448. The first kappa shape index (κ1) is 18.2. The van der Waals surface area contributed by atoms with Crippen molar-refractivity contribution in [3.05, 3.63) is 34.5 Å². The number of thioether (sulfide) groups is 1. The van der Waals surface area contributed by atoms with Crippen LogP contribution in [-0.4, -0.2) is 33.3 Å². The Balaban J connectivity index is 2.26. The summed E-state index contributed by atoms with van der Waals surface area (Å²) in [7, 11) is 0. The van der Waals surface area contributed by atoms with Gasteiger partial charge in [0, 0.05) is 13.1 Å². The second-order valence-electron chi connectivity index (χ2n) is 4.84. The van der Waals surface area contributed by atoms with E-state index in [1.165, 1.54) is 15.9 Å². The quantitative estimate of drug-likeness (QED) is 0.463. The van der Waals surface area contributed by atoms with E-state index in [-0.39, 0.29) is 5.56 Å². The Bertz CT molecular complexity index is 828. The standard InChI is InChI=1S/C15H18N4O3S2/c1-4-7-19-13(21)11-10(6-8-23-11)17-15(19)24-9(3)12(20)18-14(22)16-5-2/h4,6,8-9H,1,5,7H2,2-3H3,(H2,16,18,20,22)/t9-/m1/s1. The van der Waals surface area contributed by atoms with Gasteiger partial charge in [0.2, 0.25) is 5.91 Å². The van der Waals surface area contributed by atoms with E-state index in [4.69, 9.17) is 0 Å². The molecule has 0 radical (unpaired) electrons. The third-order valence-corrected chi connectivity index (χ3v) is 5.05. The van der Waals surface area contributed by atoms with Crippen molar-refractivity contribution in [3.63, 3.8) is 0 Å². The molecule has 0 bridgehead atoms. The van der Waals surface area contributed by atoms with Crippen LogP contribution in [0, 0.1) is 0 Å². The molecule has 0 saturated heterocycles. The number of thiophene rings is 1. The lowest BCUT2D eigenvalue weighted by Gasteiger charge is -2.14. The van der Waals surface area contributed by atoms with Crippen LogP contribution in [-0.2, 0) is 11.3 Å². The number of hydrogen-bond donors (Lipinski definition) is 2. The van der Waals surface area contributed by atoms with Gasteiger partial charge in [-0.1, -0.05) is 17.8 Å². The third kappa shape index (κ3) is 4.04. The topological polar surface area (TPSA) is 93.1 Å². The number of hydrogen-bond acceptors (Lipinski definition) is 6. The number of urea groups is 1. The molecule has 2 aromatic heterocycles. The molecule has 0 aliphatic carbocycles. The monoisotopic (exact) mass is 366 g/mol. The number of fused-ring (bicyclic) bond motifs is 1. The number of aromatic nitrogens is 2. The van der Waals surface area contributed by atoms with Gasteiger partial charge >= 0.3 is 6.03 Å². The number of rotatable bonds is 6. The van der Waals surface area contributed by atoms with Crippen LogP contribution in [0.5, 0.6) is 0 Å². The van der Waals surface area contributed by atoms with Gasteiger partial charge in [-0.15, -0.1) is 17.9 Å². The van der Waals surface area contributed by atoms with Crippen molar-refractivity contribution in [1.29, 1.82) is 0 Å². The predicted molar refractivity (Wildman–Crippen MR) is 96.6 cm³/mol. The SMILES string of the molecule is C=CCn1c(S[C@H](C)C(=O)NC(=O)NCC)nc2ccsc2c1=O. The van der Waals surface area contributed by atoms with Gasteiger partial charge in [-0.3, -0.25) is 19.5 Å². The first-order valence-corrected chi connectivity index (χ1v) is 9.08. The van der Waals surface area contributed by atoms with E-state index in [1.807, 2.05) is 0 Å². The molecule has 2 heterocycles. The highest BCUT2D eigenvalue weighted by Crippen LogP contribution is 2.24. The number of nitrogens with one attached hydrogen (secondary N) is 2. The largest absolute Gasteiger partial charge is 0.338 e. The van der Waals surface area contributed by atoms with E-state index in [0.29, 0.717) is 28.5 Å². The van der Waals surface area contributed by atoms with Crippen LogP contribution in [0.25, 0.3) is 10.2 Å². The lowest BCUT2D eigenvalue weighted by molar-refractivity contribution is -0.119. The zero-order chi connectivity index (χ0) is 17.7. The Labute approximate surface area is 147 Å². The van der Waals surface area contributed by atoms with Crippen LogP contribution in [0.1, 0.15) is 13.8 Å². The van der Waals surface area contributed by atoms with Crippen molar-refractivity contribution in [2.75, 3.05) is 6.54 Å². The highest BCUT2D eigenvalue weighted by atomic mass is 32.2. The van der Waals surface area contributed by atoms with Crippen molar-refractivity contribution in [2.24, 2.45) is 0 Å². The molecule has 24 heavy (non-hydrogen) atoms. The van der Waals surface area contributed by atoms with Crippen molar-refractivity contribution in [1.82, 2.24) is 20.2 Å². The maximum atomic E-state index is 12.5. The first-order valence-electron chi connectivity index (χ1n) is 7.32. The van der Waals surface area contributed by atoms with Gasteiger partial charge in [0.05, 0.1) is 10.8 Å². The van der Waals surface area contributed by atoms with Crippen LogP contribution < -0.4 is 16.2 Å². The average Bonchev–Trinajstić information content (AvgIpc) is 2.99. The van der Waals surface area contributed by atoms with Crippen molar-refractivity contribution in [3.8, 4) is 0 Å². The number of allylic oxidation sites excluding steroid dienone is 1. The van der Waals surface area contributed by atoms with E-state index in [2.05, 4.69) is 22.2 Å². The second-order valence-corrected chi connectivity index (χ2v) is 7.07. The van der Waals surface area contributed by atoms with E-state index in [1.54, 1.807) is 31.4 Å². The summed E-state index contributed by atoms with van der Waals surface area (Å²) in [6.07, 6.45) is 1.60. The molecule has 9 heteroatoms.